The lowest BCUT2D eigenvalue weighted by Gasteiger charge is -2.19. The molecule has 1 atom stereocenters. The number of rotatable bonds is 7. The van der Waals surface area contributed by atoms with Crippen molar-refractivity contribution in [1.82, 2.24) is 15.4 Å². The highest BCUT2D eigenvalue weighted by Crippen LogP contribution is 2.30. The number of hydrogen-bond acceptors (Lipinski definition) is 4. The predicted molar refractivity (Wildman–Crippen MR) is 119 cm³/mol. The van der Waals surface area contributed by atoms with Crippen LogP contribution in [0.3, 0.4) is 0 Å². The Bertz CT molecular complexity index is 904. The zero-order valence-electron chi connectivity index (χ0n) is 15.7. The molecular formula is C17H22F3IN4O2S2. The number of benzene rings is 1. The van der Waals surface area contributed by atoms with Crippen molar-refractivity contribution in [2.75, 3.05) is 20.1 Å². The van der Waals surface area contributed by atoms with Gasteiger partial charge in [-0.05, 0) is 36.1 Å². The minimum absolute atomic E-state index is 0. The van der Waals surface area contributed by atoms with E-state index in [0.29, 0.717) is 11.5 Å². The minimum Gasteiger partial charge on any atom is -0.355 e. The molecule has 162 valence electrons. The van der Waals surface area contributed by atoms with Crippen LogP contribution in [-0.2, 0) is 16.2 Å². The van der Waals surface area contributed by atoms with Crippen molar-refractivity contribution >= 4 is 51.3 Å². The highest BCUT2D eigenvalue weighted by Gasteiger charge is 2.30. The first-order valence-electron chi connectivity index (χ1n) is 8.31. The molecule has 3 N–H and O–H groups in total. The second-order valence-corrected chi connectivity index (χ2v) is 8.76. The van der Waals surface area contributed by atoms with E-state index in [9.17, 15) is 21.6 Å². The third kappa shape index (κ3) is 7.75. The Labute approximate surface area is 189 Å². The molecule has 1 aromatic carbocycles. The van der Waals surface area contributed by atoms with Crippen LogP contribution in [0.25, 0.3) is 0 Å². The summed E-state index contributed by atoms with van der Waals surface area (Å²) in [6.45, 7) is 2.08. The molecular weight excluding hydrogens is 540 g/mol. The van der Waals surface area contributed by atoms with E-state index in [2.05, 4.69) is 20.3 Å². The number of thiophene rings is 1. The first-order valence-corrected chi connectivity index (χ1v) is 10.7. The molecule has 2 aromatic rings. The van der Waals surface area contributed by atoms with Gasteiger partial charge in [-0.2, -0.15) is 13.2 Å². The zero-order chi connectivity index (χ0) is 20.8. The number of hydrogen-bond donors (Lipinski definition) is 3. The predicted octanol–water partition coefficient (Wildman–Crippen LogP) is 3.59. The number of guanidine groups is 1. The molecule has 0 aliphatic rings. The van der Waals surface area contributed by atoms with Gasteiger partial charge in [0.05, 0.1) is 11.6 Å². The lowest BCUT2D eigenvalue weighted by atomic mass is 10.1. The Kier molecular flexibility index (Phi) is 9.85. The van der Waals surface area contributed by atoms with E-state index in [1.54, 1.807) is 24.4 Å². The molecule has 1 unspecified atom stereocenters. The Morgan fingerprint density at radius 2 is 1.93 bits per heavy atom. The number of halogens is 4. The summed E-state index contributed by atoms with van der Waals surface area (Å²) in [5.74, 6) is 0.347. The third-order valence-corrected chi connectivity index (χ3v) is 6.62. The van der Waals surface area contributed by atoms with Crippen molar-refractivity contribution in [3.05, 3.63) is 52.9 Å². The SMILES string of the molecule is CN=C(NCCNS(=O)(=O)c1cccs1)NC(C)c1cccc(C(F)(F)F)c1.I. The Balaban J connectivity index is 0.00000420. The normalized spacial score (nSPS) is 13.5. The van der Waals surface area contributed by atoms with Gasteiger partial charge in [0.2, 0.25) is 10.0 Å². The number of nitrogens with zero attached hydrogens (tertiary/aromatic N) is 1. The van der Waals surface area contributed by atoms with Crippen molar-refractivity contribution in [2.45, 2.75) is 23.4 Å². The largest absolute Gasteiger partial charge is 0.416 e. The second kappa shape index (κ2) is 11.1. The highest BCUT2D eigenvalue weighted by atomic mass is 127. The van der Waals surface area contributed by atoms with Crippen molar-refractivity contribution in [1.29, 1.82) is 0 Å². The number of sulfonamides is 1. The summed E-state index contributed by atoms with van der Waals surface area (Å²) < 4.78 is 65.3. The summed E-state index contributed by atoms with van der Waals surface area (Å²) in [6, 6.07) is 7.77. The standard InChI is InChI=1S/C17H21F3N4O2S2.HI/c1-12(13-5-3-6-14(11-13)17(18,19)20)24-16(21-2)22-8-9-23-28(25,26)15-7-4-10-27-15;/h3-7,10-12,23H,8-9H2,1-2H3,(H2,21,22,24);1H. The fourth-order valence-corrected chi connectivity index (χ4v) is 4.39. The van der Waals surface area contributed by atoms with Gasteiger partial charge in [0.25, 0.3) is 0 Å². The van der Waals surface area contributed by atoms with Crippen LogP contribution in [0.4, 0.5) is 13.2 Å². The van der Waals surface area contributed by atoms with Crippen LogP contribution in [0.5, 0.6) is 0 Å². The van der Waals surface area contributed by atoms with E-state index in [1.807, 2.05) is 0 Å². The van der Waals surface area contributed by atoms with Gasteiger partial charge in [0, 0.05) is 20.1 Å². The quantitative estimate of drug-likeness (QED) is 0.209. The number of alkyl halides is 3. The molecule has 0 radical (unpaired) electrons. The molecule has 0 amide bonds. The zero-order valence-corrected chi connectivity index (χ0v) is 19.6. The van der Waals surface area contributed by atoms with Gasteiger partial charge in [0.1, 0.15) is 4.21 Å². The average Bonchev–Trinajstić information content (AvgIpc) is 3.19. The summed E-state index contributed by atoms with van der Waals surface area (Å²) in [5, 5.41) is 7.58. The number of nitrogens with one attached hydrogen (secondary N) is 3. The molecule has 29 heavy (non-hydrogen) atoms. The summed E-state index contributed by atoms with van der Waals surface area (Å²) in [5.41, 5.74) is -0.263. The van der Waals surface area contributed by atoms with Crippen LogP contribution in [0.1, 0.15) is 24.1 Å². The monoisotopic (exact) mass is 562 g/mol. The van der Waals surface area contributed by atoms with Crippen LogP contribution < -0.4 is 15.4 Å². The molecule has 0 bridgehead atoms. The van der Waals surface area contributed by atoms with Gasteiger partial charge in [0.15, 0.2) is 5.96 Å². The van der Waals surface area contributed by atoms with Crippen molar-refractivity contribution in [3.8, 4) is 0 Å². The minimum atomic E-state index is -4.41. The Morgan fingerprint density at radius 3 is 2.52 bits per heavy atom. The molecule has 0 saturated heterocycles. The number of aliphatic imine (C=N–C) groups is 1. The van der Waals surface area contributed by atoms with Gasteiger partial charge < -0.3 is 10.6 Å². The van der Waals surface area contributed by atoms with Crippen LogP contribution in [0.15, 0.2) is 51.0 Å². The molecule has 0 aliphatic heterocycles. The molecule has 0 spiro atoms. The van der Waals surface area contributed by atoms with Gasteiger partial charge >= 0.3 is 6.18 Å². The van der Waals surface area contributed by atoms with Crippen LogP contribution in [0.2, 0.25) is 0 Å². The third-order valence-electron chi connectivity index (χ3n) is 3.76. The Hall–Kier alpha value is -1.38. The average molecular weight is 562 g/mol. The van der Waals surface area contributed by atoms with E-state index >= 15 is 0 Å². The molecule has 0 fully saturated rings. The lowest BCUT2D eigenvalue weighted by molar-refractivity contribution is -0.137. The van der Waals surface area contributed by atoms with Gasteiger partial charge in [-0.1, -0.05) is 18.2 Å². The molecule has 12 heteroatoms. The van der Waals surface area contributed by atoms with Gasteiger partial charge in [-0.15, -0.1) is 35.3 Å². The van der Waals surface area contributed by atoms with E-state index < -0.39 is 27.8 Å². The maximum absolute atomic E-state index is 12.9. The molecule has 0 saturated carbocycles. The van der Waals surface area contributed by atoms with E-state index in [0.717, 1.165) is 23.5 Å². The summed E-state index contributed by atoms with van der Waals surface area (Å²) in [6.07, 6.45) is -4.41. The molecule has 6 nitrogen and oxygen atoms in total. The Morgan fingerprint density at radius 1 is 1.21 bits per heavy atom. The molecule has 2 rings (SSSR count). The first kappa shape index (κ1) is 25.7. The summed E-state index contributed by atoms with van der Waals surface area (Å²) in [4.78, 5) is 4.01. The maximum Gasteiger partial charge on any atom is 0.416 e. The molecule has 1 aromatic heterocycles. The van der Waals surface area contributed by atoms with E-state index in [1.165, 1.54) is 19.2 Å². The topological polar surface area (TPSA) is 82.6 Å². The van der Waals surface area contributed by atoms with Crippen molar-refractivity contribution < 1.29 is 21.6 Å². The smallest absolute Gasteiger partial charge is 0.355 e. The van der Waals surface area contributed by atoms with Crippen LogP contribution >= 0.6 is 35.3 Å². The maximum atomic E-state index is 12.9. The molecule has 1 heterocycles. The van der Waals surface area contributed by atoms with E-state index in [-0.39, 0.29) is 41.3 Å². The second-order valence-electron chi connectivity index (χ2n) is 5.82. The fraction of sp³-hybridized carbons (Fsp3) is 0.353. The lowest BCUT2D eigenvalue weighted by Crippen LogP contribution is -2.42. The van der Waals surface area contributed by atoms with Crippen LogP contribution in [-0.4, -0.2) is 34.5 Å². The summed E-state index contributed by atoms with van der Waals surface area (Å²) >= 11 is 1.12. The van der Waals surface area contributed by atoms with E-state index in [4.69, 9.17) is 0 Å². The molecule has 0 aliphatic carbocycles. The highest BCUT2D eigenvalue weighted by molar-refractivity contribution is 14.0. The fourth-order valence-electron chi connectivity index (χ4n) is 2.32. The van der Waals surface area contributed by atoms with Gasteiger partial charge in [-0.3, -0.25) is 4.99 Å². The van der Waals surface area contributed by atoms with Crippen molar-refractivity contribution in [2.24, 2.45) is 4.99 Å². The summed E-state index contributed by atoms with van der Waals surface area (Å²) in [7, 11) is -2.03. The van der Waals surface area contributed by atoms with Crippen molar-refractivity contribution in [3.63, 3.8) is 0 Å². The van der Waals surface area contributed by atoms with Gasteiger partial charge in [-0.25, -0.2) is 13.1 Å². The first-order chi connectivity index (χ1) is 13.1. The van der Waals surface area contributed by atoms with Crippen LogP contribution in [0, 0.1) is 0 Å².